The number of hydrogen-bond acceptors (Lipinski definition) is 4. The van der Waals surface area contributed by atoms with Crippen LogP contribution in [0.3, 0.4) is 0 Å². The van der Waals surface area contributed by atoms with Crippen LogP contribution in [0.2, 0.25) is 0 Å². The number of thiazole rings is 1. The highest BCUT2D eigenvalue weighted by molar-refractivity contribution is 7.09. The van der Waals surface area contributed by atoms with Crippen LogP contribution in [-0.2, 0) is 16.7 Å². The van der Waals surface area contributed by atoms with Crippen molar-refractivity contribution in [2.24, 2.45) is 5.92 Å². The van der Waals surface area contributed by atoms with Gasteiger partial charge >= 0.3 is 0 Å². The fourth-order valence-electron chi connectivity index (χ4n) is 1.61. The monoisotopic (exact) mass is 268 g/mol. The molecule has 1 aromatic heterocycles. The Morgan fingerprint density at radius 2 is 2.22 bits per heavy atom. The Hall–Kier alpha value is -0.450. The van der Waals surface area contributed by atoms with Crippen LogP contribution in [0.1, 0.15) is 44.3 Å². The molecule has 0 unspecified atom stereocenters. The molecule has 0 bridgehead atoms. The first-order valence-corrected chi connectivity index (χ1v) is 7.67. The van der Waals surface area contributed by atoms with Crippen molar-refractivity contribution in [3.63, 3.8) is 0 Å². The van der Waals surface area contributed by atoms with E-state index in [2.05, 4.69) is 36.5 Å². The molecule has 18 heavy (non-hydrogen) atoms. The molecule has 4 heteroatoms. The highest BCUT2D eigenvalue weighted by Crippen LogP contribution is 2.28. The van der Waals surface area contributed by atoms with Crippen molar-refractivity contribution < 1.29 is 4.74 Å². The van der Waals surface area contributed by atoms with Crippen molar-refractivity contribution in [2.75, 3.05) is 19.8 Å². The summed E-state index contributed by atoms with van der Waals surface area (Å²) in [5.41, 5.74) is 1.34. The molecule has 1 aliphatic carbocycles. The number of nitrogens with zero attached hydrogens (tertiary/aromatic N) is 1. The molecule has 102 valence electrons. The van der Waals surface area contributed by atoms with Gasteiger partial charge in [-0.3, -0.25) is 0 Å². The summed E-state index contributed by atoms with van der Waals surface area (Å²) in [5.74, 6) is 0.860. The summed E-state index contributed by atoms with van der Waals surface area (Å²) in [4.78, 5) is 4.65. The fraction of sp³-hybridized carbons (Fsp3) is 0.786. The van der Waals surface area contributed by atoms with E-state index in [9.17, 15) is 0 Å². The molecule has 0 saturated heterocycles. The Bertz CT molecular complexity index is 366. The lowest BCUT2D eigenvalue weighted by molar-refractivity contribution is 0.126. The van der Waals surface area contributed by atoms with Crippen molar-refractivity contribution in [3.05, 3.63) is 16.1 Å². The van der Waals surface area contributed by atoms with Crippen LogP contribution in [0.5, 0.6) is 0 Å². The predicted octanol–water partition coefficient (Wildman–Crippen LogP) is 2.96. The Kier molecular flexibility index (Phi) is 4.76. The van der Waals surface area contributed by atoms with Crippen LogP contribution < -0.4 is 5.32 Å². The van der Waals surface area contributed by atoms with Crippen LogP contribution in [-0.4, -0.2) is 24.7 Å². The first kappa shape index (κ1) is 14.0. The Morgan fingerprint density at radius 1 is 1.44 bits per heavy atom. The van der Waals surface area contributed by atoms with Gasteiger partial charge in [-0.1, -0.05) is 20.8 Å². The summed E-state index contributed by atoms with van der Waals surface area (Å²) >= 11 is 1.74. The summed E-state index contributed by atoms with van der Waals surface area (Å²) in [6, 6.07) is 0. The van der Waals surface area contributed by atoms with Gasteiger partial charge in [-0.2, -0.15) is 0 Å². The zero-order valence-corrected chi connectivity index (χ0v) is 12.5. The first-order chi connectivity index (χ1) is 8.55. The number of ether oxygens (including phenoxy) is 1. The molecular formula is C14H24N2OS. The lowest BCUT2D eigenvalue weighted by Gasteiger charge is -2.14. The molecule has 0 aliphatic heterocycles. The molecule has 1 aromatic rings. The van der Waals surface area contributed by atoms with Gasteiger partial charge < -0.3 is 10.1 Å². The van der Waals surface area contributed by atoms with E-state index in [1.807, 2.05) is 0 Å². The molecule has 1 aliphatic rings. The van der Waals surface area contributed by atoms with E-state index >= 15 is 0 Å². The normalized spacial score (nSPS) is 16.2. The maximum Gasteiger partial charge on any atom is 0.107 e. The number of aromatic nitrogens is 1. The van der Waals surface area contributed by atoms with Gasteiger partial charge in [-0.15, -0.1) is 11.3 Å². The van der Waals surface area contributed by atoms with Gasteiger partial charge in [0, 0.05) is 30.5 Å². The lowest BCUT2D eigenvalue weighted by atomic mass is 9.93. The molecule has 1 N–H and O–H groups in total. The van der Waals surface area contributed by atoms with Crippen LogP contribution >= 0.6 is 11.3 Å². The van der Waals surface area contributed by atoms with Crippen molar-refractivity contribution in [2.45, 2.75) is 45.6 Å². The molecule has 0 radical (unpaired) electrons. The zero-order chi connectivity index (χ0) is 13.0. The van der Waals surface area contributed by atoms with E-state index < -0.39 is 0 Å². The third kappa shape index (κ3) is 4.67. The van der Waals surface area contributed by atoms with Crippen LogP contribution in [0.25, 0.3) is 0 Å². The maximum atomic E-state index is 5.58. The minimum absolute atomic E-state index is 0.155. The van der Waals surface area contributed by atoms with Gasteiger partial charge in [-0.05, 0) is 18.8 Å². The fourth-order valence-corrected chi connectivity index (χ4v) is 2.60. The summed E-state index contributed by atoms with van der Waals surface area (Å²) in [6.45, 7) is 10.1. The van der Waals surface area contributed by atoms with Crippen molar-refractivity contribution in [3.8, 4) is 0 Å². The molecule has 1 saturated carbocycles. The van der Waals surface area contributed by atoms with E-state index in [1.54, 1.807) is 11.3 Å². The van der Waals surface area contributed by atoms with Crippen molar-refractivity contribution >= 4 is 11.3 Å². The Morgan fingerprint density at radius 3 is 2.83 bits per heavy atom. The van der Waals surface area contributed by atoms with Crippen molar-refractivity contribution in [1.82, 2.24) is 10.3 Å². The van der Waals surface area contributed by atoms with E-state index in [-0.39, 0.29) is 5.41 Å². The summed E-state index contributed by atoms with van der Waals surface area (Å²) < 4.78 is 5.58. The van der Waals surface area contributed by atoms with E-state index in [4.69, 9.17) is 4.74 Å². The van der Waals surface area contributed by atoms with Crippen LogP contribution in [0.4, 0.5) is 0 Å². The lowest BCUT2D eigenvalue weighted by Crippen LogP contribution is -2.20. The van der Waals surface area contributed by atoms with E-state index in [1.165, 1.54) is 23.5 Å². The molecule has 1 heterocycles. The summed E-state index contributed by atoms with van der Waals surface area (Å²) in [5, 5.41) is 6.72. The predicted molar refractivity (Wildman–Crippen MR) is 76.1 cm³/mol. The van der Waals surface area contributed by atoms with Gasteiger partial charge in [0.05, 0.1) is 12.3 Å². The standard InChI is InChI=1S/C14H24N2OS/c1-14(2,3)12-10-18-13(16-12)8-15-6-7-17-9-11-4-5-11/h10-11,15H,4-9H2,1-3H3. The van der Waals surface area contributed by atoms with Crippen LogP contribution in [0, 0.1) is 5.92 Å². The van der Waals surface area contributed by atoms with E-state index in [0.29, 0.717) is 0 Å². The maximum absolute atomic E-state index is 5.58. The largest absolute Gasteiger partial charge is 0.380 e. The minimum atomic E-state index is 0.155. The average Bonchev–Trinajstić information content (AvgIpc) is 2.98. The SMILES string of the molecule is CC(C)(C)c1csc(CNCCOCC2CC2)n1. The molecule has 1 fully saturated rings. The zero-order valence-electron chi connectivity index (χ0n) is 11.7. The highest BCUT2D eigenvalue weighted by Gasteiger charge is 2.20. The number of hydrogen-bond donors (Lipinski definition) is 1. The van der Waals surface area contributed by atoms with Gasteiger partial charge in [0.1, 0.15) is 5.01 Å². The average molecular weight is 268 g/mol. The Labute approximate surface area is 114 Å². The van der Waals surface area contributed by atoms with Gasteiger partial charge in [0.25, 0.3) is 0 Å². The molecule has 0 aromatic carbocycles. The highest BCUT2D eigenvalue weighted by atomic mass is 32.1. The smallest absolute Gasteiger partial charge is 0.107 e. The molecule has 0 atom stereocenters. The number of nitrogens with one attached hydrogen (secondary N) is 1. The van der Waals surface area contributed by atoms with E-state index in [0.717, 1.165) is 32.2 Å². The third-order valence-corrected chi connectivity index (χ3v) is 3.92. The summed E-state index contributed by atoms with van der Waals surface area (Å²) in [7, 11) is 0. The summed E-state index contributed by atoms with van der Waals surface area (Å²) in [6.07, 6.45) is 2.73. The molecular weight excluding hydrogens is 244 g/mol. The topological polar surface area (TPSA) is 34.1 Å². The first-order valence-electron chi connectivity index (χ1n) is 6.79. The molecule has 0 amide bonds. The second-order valence-electron chi connectivity index (χ2n) is 6.07. The molecule has 3 nitrogen and oxygen atoms in total. The van der Waals surface area contributed by atoms with Gasteiger partial charge in [0.15, 0.2) is 0 Å². The molecule has 2 rings (SSSR count). The quantitative estimate of drug-likeness (QED) is 0.772. The second-order valence-corrected chi connectivity index (χ2v) is 7.01. The van der Waals surface area contributed by atoms with Crippen molar-refractivity contribution in [1.29, 1.82) is 0 Å². The Balaban J connectivity index is 1.59. The second kappa shape index (κ2) is 6.13. The number of rotatable bonds is 7. The molecule has 0 spiro atoms. The minimum Gasteiger partial charge on any atom is -0.380 e. The third-order valence-electron chi connectivity index (χ3n) is 3.07. The van der Waals surface area contributed by atoms with Gasteiger partial charge in [0.2, 0.25) is 0 Å². The van der Waals surface area contributed by atoms with Crippen LogP contribution in [0.15, 0.2) is 5.38 Å². The van der Waals surface area contributed by atoms with Gasteiger partial charge in [-0.25, -0.2) is 4.98 Å².